The van der Waals surface area contributed by atoms with Gasteiger partial charge < -0.3 is 10.5 Å². The topological polar surface area (TPSA) is 66.0 Å². The van der Waals surface area contributed by atoms with E-state index in [2.05, 4.69) is 17.0 Å². The van der Waals surface area contributed by atoms with Crippen LogP contribution in [-0.2, 0) is 17.9 Å². The van der Waals surface area contributed by atoms with Gasteiger partial charge in [-0.1, -0.05) is 26.2 Å². The Bertz CT molecular complexity index is 353. The summed E-state index contributed by atoms with van der Waals surface area (Å²) in [4.78, 5) is 4.25. The molecule has 0 amide bonds. The lowest BCUT2D eigenvalue weighted by Gasteiger charge is -2.21. The van der Waals surface area contributed by atoms with E-state index in [0.717, 1.165) is 31.6 Å². The molecule has 1 fully saturated rings. The van der Waals surface area contributed by atoms with Gasteiger partial charge >= 0.3 is 0 Å². The Kier molecular flexibility index (Phi) is 5.13. The number of ether oxygens (including phenoxy) is 1. The Balaban J connectivity index is 1.87. The molecule has 0 spiro atoms. The molecule has 2 atom stereocenters. The Morgan fingerprint density at radius 1 is 1.39 bits per heavy atom. The molecule has 2 unspecified atom stereocenters. The Morgan fingerprint density at radius 2 is 2.22 bits per heavy atom. The highest BCUT2D eigenvalue weighted by Gasteiger charge is 2.21. The number of hydrogen-bond acceptors (Lipinski definition) is 4. The largest absolute Gasteiger partial charge is 0.369 e. The van der Waals surface area contributed by atoms with Crippen molar-refractivity contribution in [1.82, 2.24) is 14.8 Å². The van der Waals surface area contributed by atoms with E-state index in [1.807, 2.05) is 4.68 Å². The lowest BCUT2D eigenvalue weighted by atomic mass is 10.1. The van der Waals surface area contributed by atoms with Crippen molar-refractivity contribution in [1.29, 1.82) is 0 Å². The minimum Gasteiger partial charge on any atom is -0.369 e. The summed E-state index contributed by atoms with van der Waals surface area (Å²) in [5.41, 5.74) is 6.15. The Labute approximate surface area is 109 Å². The summed E-state index contributed by atoms with van der Waals surface area (Å²) in [7, 11) is 0. The van der Waals surface area contributed by atoms with Crippen LogP contribution >= 0.6 is 0 Å². The third-order valence-electron chi connectivity index (χ3n) is 3.56. The average Bonchev–Trinajstić information content (AvgIpc) is 2.70. The van der Waals surface area contributed by atoms with E-state index in [0.29, 0.717) is 6.61 Å². The lowest BCUT2D eigenvalue weighted by Crippen LogP contribution is -2.35. The number of nitrogens with zero attached hydrogens (tertiary/aromatic N) is 3. The summed E-state index contributed by atoms with van der Waals surface area (Å²) >= 11 is 0. The summed E-state index contributed by atoms with van der Waals surface area (Å²) in [5.74, 6) is 0.910. The summed E-state index contributed by atoms with van der Waals surface area (Å²) in [6, 6.07) is 0.176. The standard InChI is InChI=1S/C13H24N4O/c1-2-8-17-13(15-10-16-17)9-18-12-7-5-3-4-6-11(12)14/h10-12H,2-9,14H2,1H3. The third kappa shape index (κ3) is 3.53. The van der Waals surface area contributed by atoms with Crippen LogP contribution in [0.1, 0.15) is 51.3 Å². The highest BCUT2D eigenvalue weighted by molar-refractivity contribution is 4.83. The van der Waals surface area contributed by atoms with Crippen LogP contribution in [0.25, 0.3) is 0 Å². The summed E-state index contributed by atoms with van der Waals surface area (Å²) in [6.45, 7) is 3.56. The minimum atomic E-state index is 0.176. The van der Waals surface area contributed by atoms with Gasteiger partial charge in [0.1, 0.15) is 12.9 Å². The van der Waals surface area contributed by atoms with Gasteiger partial charge in [0.2, 0.25) is 0 Å². The van der Waals surface area contributed by atoms with E-state index in [4.69, 9.17) is 10.5 Å². The van der Waals surface area contributed by atoms with Gasteiger partial charge in [-0.3, -0.25) is 0 Å². The van der Waals surface area contributed by atoms with Crippen molar-refractivity contribution in [3.63, 3.8) is 0 Å². The maximum Gasteiger partial charge on any atom is 0.152 e. The molecule has 0 aliphatic heterocycles. The Hall–Kier alpha value is -0.940. The van der Waals surface area contributed by atoms with Crippen molar-refractivity contribution >= 4 is 0 Å². The van der Waals surface area contributed by atoms with E-state index in [9.17, 15) is 0 Å². The maximum absolute atomic E-state index is 6.15. The number of hydrogen-bond donors (Lipinski definition) is 1. The van der Waals surface area contributed by atoms with Gasteiger partial charge in [-0.25, -0.2) is 9.67 Å². The second-order valence-electron chi connectivity index (χ2n) is 5.05. The molecule has 1 saturated carbocycles. The average molecular weight is 252 g/mol. The molecule has 5 nitrogen and oxygen atoms in total. The molecule has 0 radical (unpaired) electrons. The van der Waals surface area contributed by atoms with Gasteiger partial charge in [-0.2, -0.15) is 5.10 Å². The van der Waals surface area contributed by atoms with Crippen LogP contribution in [0, 0.1) is 0 Å². The minimum absolute atomic E-state index is 0.176. The molecule has 0 aromatic carbocycles. The van der Waals surface area contributed by atoms with Crippen molar-refractivity contribution in [2.75, 3.05) is 0 Å². The molecular formula is C13H24N4O. The fourth-order valence-corrected chi connectivity index (χ4v) is 2.49. The van der Waals surface area contributed by atoms with Crippen LogP contribution in [0.5, 0.6) is 0 Å². The summed E-state index contributed by atoms with van der Waals surface area (Å²) in [6.07, 6.45) is 8.71. The van der Waals surface area contributed by atoms with Crippen LogP contribution in [0.3, 0.4) is 0 Å². The molecule has 1 aromatic heterocycles. The normalized spacial score (nSPS) is 25.0. The number of aromatic nitrogens is 3. The molecule has 102 valence electrons. The van der Waals surface area contributed by atoms with Crippen molar-refractivity contribution in [2.24, 2.45) is 5.73 Å². The predicted molar refractivity (Wildman–Crippen MR) is 70.0 cm³/mol. The predicted octanol–water partition coefficient (Wildman–Crippen LogP) is 1.86. The van der Waals surface area contributed by atoms with Crippen LogP contribution < -0.4 is 5.73 Å². The molecule has 1 aromatic rings. The first-order valence-corrected chi connectivity index (χ1v) is 7.05. The summed E-state index contributed by atoms with van der Waals surface area (Å²) < 4.78 is 7.88. The fourth-order valence-electron chi connectivity index (χ4n) is 2.49. The van der Waals surface area contributed by atoms with Crippen LogP contribution in [0.4, 0.5) is 0 Å². The zero-order valence-corrected chi connectivity index (χ0v) is 11.2. The first-order valence-electron chi connectivity index (χ1n) is 7.05. The first-order chi connectivity index (χ1) is 8.81. The van der Waals surface area contributed by atoms with E-state index >= 15 is 0 Å². The summed E-state index contributed by atoms with van der Waals surface area (Å²) in [5, 5.41) is 4.20. The van der Waals surface area contributed by atoms with Crippen LogP contribution in [0.15, 0.2) is 6.33 Å². The zero-order valence-electron chi connectivity index (χ0n) is 11.2. The van der Waals surface area contributed by atoms with Gasteiger partial charge in [0, 0.05) is 12.6 Å². The first kappa shape index (κ1) is 13.5. The molecule has 1 aliphatic rings. The zero-order chi connectivity index (χ0) is 12.8. The molecule has 0 bridgehead atoms. The molecule has 2 N–H and O–H groups in total. The van der Waals surface area contributed by atoms with Crippen molar-refractivity contribution in [3.05, 3.63) is 12.2 Å². The second kappa shape index (κ2) is 6.85. The molecule has 18 heavy (non-hydrogen) atoms. The molecular weight excluding hydrogens is 228 g/mol. The van der Waals surface area contributed by atoms with Crippen molar-refractivity contribution in [2.45, 2.75) is 70.7 Å². The van der Waals surface area contributed by atoms with Gasteiger partial charge in [0.25, 0.3) is 0 Å². The SMILES string of the molecule is CCCn1ncnc1COC1CCCCCC1N. The van der Waals surface area contributed by atoms with Crippen molar-refractivity contribution in [3.8, 4) is 0 Å². The highest BCUT2D eigenvalue weighted by atomic mass is 16.5. The monoisotopic (exact) mass is 252 g/mol. The van der Waals surface area contributed by atoms with Gasteiger partial charge in [0.15, 0.2) is 5.82 Å². The molecule has 1 heterocycles. The van der Waals surface area contributed by atoms with Crippen molar-refractivity contribution < 1.29 is 4.74 Å². The fraction of sp³-hybridized carbons (Fsp3) is 0.846. The van der Waals surface area contributed by atoms with E-state index in [-0.39, 0.29) is 12.1 Å². The van der Waals surface area contributed by atoms with Gasteiger partial charge in [0.05, 0.1) is 6.10 Å². The number of aryl methyl sites for hydroxylation is 1. The van der Waals surface area contributed by atoms with E-state index in [1.54, 1.807) is 6.33 Å². The second-order valence-corrected chi connectivity index (χ2v) is 5.05. The number of nitrogens with two attached hydrogens (primary N) is 1. The smallest absolute Gasteiger partial charge is 0.152 e. The van der Waals surface area contributed by atoms with Crippen LogP contribution in [-0.4, -0.2) is 26.9 Å². The maximum atomic E-state index is 6.15. The quantitative estimate of drug-likeness (QED) is 0.812. The third-order valence-corrected chi connectivity index (χ3v) is 3.56. The van der Waals surface area contributed by atoms with Crippen LogP contribution in [0.2, 0.25) is 0 Å². The van der Waals surface area contributed by atoms with E-state index < -0.39 is 0 Å². The van der Waals surface area contributed by atoms with Gasteiger partial charge in [-0.15, -0.1) is 0 Å². The molecule has 0 saturated heterocycles. The molecule has 2 rings (SSSR count). The highest BCUT2D eigenvalue weighted by Crippen LogP contribution is 2.20. The lowest BCUT2D eigenvalue weighted by molar-refractivity contribution is 0.0142. The number of rotatable bonds is 5. The Morgan fingerprint density at radius 3 is 3.06 bits per heavy atom. The van der Waals surface area contributed by atoms with E-state index in [1.165, 1.54) is 19.3 Å². The molecule has 1 aliphatic carbocycles. The molecule has 5 heteroatoms. The van der Waals surface area contributed by atoms with Gasteiger partial charge in [-0.05, 0) is 19.3 Å².